The molecule has 0 spiro atoms. The number of aromatic nitrogens is 5. The molecule has 2 aromatic heterocycles. The second-order valence-electron chi connectivity index (χ2n) is 6.42. The van der Waals surface area contributed by atoms with Crippen LogP contribution < -0.4 is 10.3 Å². The number of ketones is 1. The molecule has 1 atom stereocenters. The van der Waals surface area contributed by atoms with Gasteiger partial charge in [-0.3, -0.25) is 19.0 Å². The lowest BCUT2D eigenvalue weighted by Crippen LogP contribution is -2.40. The summed E-state index contributed by atoms with van der Waals surface area (Å²) < 4.78 is 42.7. The Hall–Kier alpha value is -3.77. The van der Waals surface area contributed by atoms with Crippen LogP contribution in [0.1, 0.15) is 13.0 Å². The maximum Gasteiger partial charge on any atom is 0.573 e. The first-order valence-electron chi connectivity index (χ1n) is 8.40. The molecule has 0 saturated heterocycles. The molecule has 0 aliphatic rings. The largest absolute Gasteiger partial charge is 0.573 e. The number of ether oxygens (including phenoxy) is 1. The predicted molar refractivity (Wildman–Crippen MR) is 96.0 cm³/mol. The van der Waals surface area contributed by atoms with Gasteiger partial charge in [-0.2, -0.15) is 4.68 Å². The van der Waals surface area contributed by atoms with Crippen LogP contribution in [0, 0.1) is 0 Å². The van der Waals surface area contributed by atoms with Crippen LogP contribution >= 0.6 is 0 Å². The van der Waals surface area contributed by atoms with Crippen molar-refractivity contribution in [2.24, 2.45) is 0 Å². The Labute approximate surface area is 166 Å². The molecule has 0 bridgehead atoms. The second-order valence-corrected chi connectivity index (χ2v) is 6.42. The Balaban J connectivity index is 2.03. The summed E-state index contributed by atoms with van der Waals surface area (Å²) in [6, 6.07) is 3.28. The van der Waals surface area contributed by atoms with E-state index in [0.717, 1.165) is 27.7 Å². The first kappa shape index (κ1) is 21.0. The molecule has 0 unspecified atom stereocenters. The van der Waals surface area contributed by atoms with Crippen molar-refractivity contribution in [3.63, 3.8) is 0 Å². The molecule has 1 aromatic carbocycles. The smallest absolute Gasteiger partial charge is 0.406 e. The lowest BCUT2D eigenvalue weighted by molar-refractivity contribution is -0.274. The summed E-state index contributed by atoms with van der Waals surface area (Å²) in [7, 11) is 2.88. The molecule has 2 heterocycles. The highest BCUT2D eigenvalue weighted by Gasteiger charge is 2.31. The van der Waals surface area contributed by atoms with Gasteiger partial charge in [0.2, 0.25) is 0 Å². The molecule has 30 heavy (non-hydrogen) atoms. The van der Waals surface area contributed by atoms with E-state index in [2.05, 4.69) is 20.0 Å². The minimum atomic E-state index is -4.83. The first-order valence-corrected chi connectivity index (χ1v) is 8.40. The van der Waals surface area contributed by atoms with Crippen molar-refractivity contribution in [1.29, 1.82) is 0 Å². The number of amides is 1. The van der Waals surface area contributed by atoms with Crippen molar-refractivity contribution >= 4 is 22.9 Å². The first-order chi connectivity index (χ1) is 14.0. The fourth-order valence-electron chi connectivity index (χ4n) is 2.70. The monoisotopic (exact) mass is 424 g/mol. The van der Waals surface area contributed by atoms with Gasteiger partial charge in [0.15, 0.2) is 23.0 Å². The van der Waals surface area contributed by atoms with Gasteiger partial charge in [0.1, 0.15) is 12.1 Å². The number of benzene rings is 1. The lowest BCUT2D eigenvalue weighted by atomic mass is 10.2. The Morgan fingerprint density at radius 2 is 1.80 bits per heavy atom. The van der Waals surface area contributed by atoms with Crippen molar-refractivity contribution in [3.05, 3.63) is 40.9 Å². The van der Waals surface area contributed by atoms with E-state index in [1.807, 2.05) is 0 Å². The van der Waals surface area contributed by atoms with Crippen molar-refractivity contribution in [2.75, 3.05) is 14.1 Å². The molecule has 1 amide bonds. The number of Topliss-reactive ketones (excluding diaryl/α,β-unsaturated/α-hetero) is 1. The second kappa shape index (κ2) is 7.57. The van der Waals surface area contributed by atoms with Crippen LogP contribution in [-0.4, -0.2) is 61.6 Å². The van der Waals surface area contributed by atoms with Crippen LogP contribution in [0.15, 0.2) is 35.4 Å². The Morgan fingerprint density at radius 3 is 2.33 bits per heavy atom. The van der Waals surface area contributed by atoms with E-state index < -0.39 is 35.4 Å². The Kier molecular flexibility index (Phi) is 5.29. The number of hydrogen-bond acceptors (Lipinski definition) is 7. The van der Waals surface area contributed by atoms with E-state index in [1.165, 1.54) is 38.1 Å². The normalized spacial score (nSPS) is 12.6. The van der Waals surface area contributed by atoms with E-state index in [4.69, 9.17) is 0 Å². The van der Waals surface area contributed by atoms with Gasteiger partial charge in [-0.25, -0.2) is 4.98 Å². The van der Waals surface area contributed by atoms with Gasteiger partial charge in [0.05, 0.1) is 5.69 Å². The molecule has 3 aromatic rings. The molecule has 0 saturated carbocycles. The number of hydrogen-bond donors (Lipinski definition) is 0. The number of fused-ring (bicyclic) bond motifs is 1. The predicted octanol–water partition coefficient (Wildman–Crippen LogP) is 1.09. The summed E-state index contributed by atoms with van der Waals surface area (Å²) in [6.45, 7) is 1.17. The number of nitrogens with zero attached hydrogens (tertiary/aromatic N) is 6. The van der Waals surface area contributed by atoms with Gasteiger partial charge >= 0.3 is 6.36 Å². The number of rotatable bonds is 5. The SMILES string of the molecule is CC(=O)[C@H](C(=O)N(C)C)n1cnc2c(nnn2-c2ccc(OC(F)(F)F)cc2)c1=O. The summed E-state index contributed by atoms with van der Waals surface area (Å²) in [6.07, 6.45) is -3.80. The number of alkyl halides is 3. The third-order valence-corrected chi connectivity index (χ3v) is 4.04. The van der Waals surface area contributed by atoms with Crippen LogP contribution in [0.5, 0.6) is 5.75 Å². The van der Waals surface area contributed by atoms with Gasteiger partial charge in [-0.15, -0.1) is 18.3 Å². The molecular formula is C17H15F3N6O4. The Bertz CT molecular complexity index is 1170. The van der Waals surface area contributed by atoms with Crippen molar-refractivity contribution in [1.82, 2.24) is 29.4 Å². The molecular weight excluding hydrogens is 409 g/mol. The van der Waals surface area contributed by atoms with E-state index in [9.17, 15) is 27.6 Å². The summed E-state index contributed by atoms with van der Waals surface area (Å²) in [5.41, 5.74) is -0.714. The molecule has 10 nitrogen and oxygen atoms in total. The zero-order chi connectivity index (χ0) is 22.2. The fourth-order valence-corrected chi connectivity index (χ4v) is 2.70. The molecule has 0 aliphatic carbocycles. The van der Waals surface area contributed by atoms with Crippen molar-refractivity contribution in [3.8, 4) is 11.4 Å². The maximum atomic E-state index is 12.8. The highest BCUT2D eigenvalue weighted by atomic mass is 19.4. The van der Waals surface area contributed by atoms with Crippen LogP contribution in [-0.2, 0) is 9.59 Å². The summed E-state index contributed by atoms with van der Waals surface area (Å²) in [4.78, 5) is 42.3. The van der Waals surface area contributed by atoms with Crippen LogP contribution in [0.4, 0.5) is 13.2 Å². The third-order valence-electron chi connectivity index (χ3n) is 4.04. The summed E-state index contributed by atoms with van der Waals surface area (Å²) >= 11 is 0. The molecule has 0 radical (unpaired) electrons. The van der Waals surface area contributed by atoms with E-state index >= 15 is 0 Å². The Morgan fingerprint density at radius 1 is 1.17 bits per heavy atom. The number of likely N-dealkylation sites (N-methyl/N-ethyl adjacent to an activating group) is 1. The average molecular weight is 424 g/mol. The van der Waals surface area contributed by atoms with Gasteiger partial charge in [-0.1, -0.05) is 5.21 Å². The molecule has 0 N–H and O–H groups in total. The number of carbonyl (C=O) groups is 2. The van der Waals surface area contributed by atoms with Crippen LogP contribution in [0.2, 0.25) is 0 Å². The quantitative estimate of drug-likeness (QED) is 0.564. The molecule has 158 valence electrons. The van der Waals surface area contributed by atoms with Crippen molar-refractivity contribution in [2.45, 2.75) is 19.3 Å². The van der Waals surface area contributed by atoms with E-state index in [1.54, 1.807) is 0 Å². The van der Waals surface area contributed by atoms with Gasteiger partial charge in [0.25, 0.3) is 11.5 Å². The molecule has 13 heteroatoms. The zero-order valence-corrected chi connectivity index (χ0v) is 15.9. The highest BCUT2D eigenvalue weighted by Crippen LogP contribution is 2.24. The molecule has 0 fully saturated rings. The number of carbonyl (C=O) groups excluding carboxylic acids is 2. The third kappa shape index (κ3) is 3.99. The lowest BCUT2D eigenvalue weighted by Gasteiger charge is -2.19. The standard InChI is InChI=1S/C17H15F3N6O4/c1-9(27)13(16(29)24(2)3)25-8-21-14-12(15(25)28)22-23-26(14)10-4-6-11(7-5-10)30-17(18,19)20/h4-8,13H,1-3H3/t13-/m1/s1. The van der Waals surface area contributed by atoms with Gasteiger partial charge in [-0.05, 0) is 31.2 Å². The van der Waals surface area contributed by atoms with Gasteiger partial charge < -0.3 is 9.64 Å². The van der Waals surface area contributed by atoms with E-state index in [0.29, 0.717) is 0 Å². The molecule has 0 aliphatic heterocycles. The van der Waals surface area contributed by atoms with Gasteiger partial charge in [0, 0.05) is 14.1 Å². The fraction of sp³-hybridized carbons (Fsp3) is 0.294. The minimum absolute atomic E-state index is 0.000318. The van der Waals surface area contributed by atoms with E-state index in [-0.39, 0.29) is 16.9 Å². The van der Waals surface area contributed by atoms with Crippen LogP contribution in [0.25, 0.3) is 16.9 Å². The summed E-state index contributed by atoms with van der Waals surface area (Å²) in [5.74, 6) is -1.61. The van der Waals surface area contributed by atoms with Crippen LogP contribution in [0.3, 0.4) is 0 Å². The minimum Gasteiger partial charge on any atom is -0.406 e. The average Bonchev–Trinajstić information content (AvgIpc) is 3.07. The summed E-state index contributed by atoms with van der Waals surface area (Å²) in [5, 5.41) is 7.56. The zero-order valence-electron chi connectivity index (χ0n) is 15.9. The molecule has 3 rings (SSSR count). The van der Waals surface area contributed by atoms with Crippen molar-refractivity contribution < 1.29 is 27.5 Å². The maximum absolute atomic E-state index is 12.8. The highest BCUT2D eigenvalue weighted by molar-refractivity contribution is 6.02. The topological polar surface area (TPSA) is 112 Å². The number of halogens is 3.